The van der Waals surface area contributed by atoms with E-state index in [0.29, 0.717) is 16.7 Å². The Bertz CT molecular complexity index is 930. The molecule has 28 heavy (non-hydrogen) atoms. The molecule has 0 bridgehead atoms. The van der Waals surface area contributed by atoms with E-state index in [4.69, 9.17) is 9.47 Å². The highest BCUT2D eigenvalue weighted by Gasteiger charge is 2.16. The molecule has 3 rings (SSSR count). The molecule has 1 heterocycles. The number of carbonyl (C=O) groups is 1. The Morgan fingerprint density at radius 2 is 1.96 bits per heavy atom. The van der Waals surface area contributed by atoms with Gasteiger partial charge in [0.2, 0.25) is 5.91 Å². The lowest BCUT2D eigenvalue weighted by molar-refractivity contribution is -0.119. The van der Waals surface area contributed by atoms with Crippen molar-refractivity contribution in [2.45, 2.75) is 18.1 Å². The van der Waals surface area contributed by atoms with E-state index in [1.165, 1.54) is 11.8 Å². The number of aromatic nitrogens is 3. The van der Waals surface area contributed by atoms with Gasteiger partial charge in [-0.1, -0.05) is 30.0 Å². The van der Waals surface area contributed by atoms with Crippen molar-refractivity contribution in [1.82, 2.24) is 20.1 Å². The lowest BCUT2D eigenvalue weighted by Gasteiger charge is -2.18. The van der Waals surface area contributed by atoms with Crippen molar-refractivity contribution < 1.29 is 14.3 Å². The summed E-state index contributed by atoms with van der Waals surface area (Å²) in [6.07, 6.45) is 1.64. The van der Waals surface area contributed by atoms with E-state index in [1.54, 1.807) is 20.5 Å². The van der Waals surface area contributed by atoms with Gasteiger partial charge in [-0.25, -0.2) is 0 Å². The molecule has 8 heteroatoms. The minimum atomic E-state index is -0.231. The Morgan fingerprint density at radius 3 is 2.68 bits per heavy atom. The van der Waals surface area contributed by atoms with Gasteiger partial charge in [0.05, 0.1) is 26.0 Å². The summed E-state index contributed by atoms with van der Waals surface area (Å²) in [5, 5.41) is 11.7. The van der Waals surface area contributed by atoms with Crippen LogP contribution in [0.5, 0.6) is 11.5 Å². The Kier molecular flexibility index (Phi) is 6.54. The highest BCUT2D eigenvalue weighted by Crippen LogP contribution is 2.29. The molecule has 0 spiro atoms. The predicted molar refractivity (Wildman–Crippen MR) is 108 cm³/mol. The van der Waals surface area contributed by atoms with Crippen molar-refractivity contribution in [3.05, 3.63) is 60.4 Å². The Hall–Kier alpha value is -3.00. The molecule has 2 aromatic carbocycles. The first-order chi connectivity index (χ1) is 13.6. The summed E-state index contributed by atoms with van der Waals surface area (Å²) in [6.45, 7) is 1.91. The molecular formula is C20H22N4O3S. The van der Waals surface area contributed by atoms with E-state index in [1.807, 2.05) is 60.0 Å². The molecule has 0 fully saturated rings. The van der Waals surface area contributed by atoms with Gasteiger partial charge in [-0.3, -0.25) is 9.36 Å². The molecule has 146 valence electrons. The minimum absolute atomic E-state index is 0.106. The summed E-state index contributed by atoms with van der Waals surface area (Å²) in [5.74, 6) is 1.53. The second kappa shape index (κ2) is 9.27. The number of hydrogen-bond donors (Lipinski definition) is 1. The summed E-state index contributed by atoms with van der Waals surface area (Å²) < 4.78 is 12.5. The number of hydrogen-bond acceptors (Lipinski definition) is 6. The Morgan fingerprint density at radius 1 is 1.18 bits per heavy atom. The average molecular weight is 398 g/mol. The quantitative estimate of drug-likeness (QED) is 0.587. The summed E-state index contributed by atoms with van der Waals surface area (Å²) >= 11 is 1.33. The maximum Gasteiger partial charge on any atom is 0.230 e. The van der Waals surface area contributed by atoms with Gasteiger partial charge in [0, 0.05) is 11.3 Å². The molecule has 0 aliphatic heterocycles. The molecule has 0 saturated carbocycles. The molecule has 1 atom stereocenters. The second-order valence-electron chi connectivity index (χ2n) is 6.00. The highest BCUT2D eigenvalue weighted by molar-refractivity contribution is 7.99. The second-order valence-corrected chi connectivity index (χ2v) is 6.95. The van der Waals surface area contributed by atoms with Gasteiger partial charge < -0.3 is 14.8 Å². The first-order valence-corrected chi connectivity index (χ1v) is 9.70. The number of nitrogens with one attached hydrogen (secondary N) is 1. The summed E-state index contributed by atoms with van der Waals surface area (Å²) in [5.41, 5.74) is 1.80. The van der Waals surface area contributed by atoms with E-state index >= 15 is 0 Å². The zero-order valence-electron chi connectivity index (χ0n) is 16.0. The van der Waals surface area contributed by atoms with Crippen molar-refractivity contribution in [1.29, 1.82) is 0 Å². The molecule has 1 aromatic heterocycles. The van der Waals surface area contributed by atoms with E-state index in [0.717, 1.165) is 11.3 Å². The fraction of sp³-hybridized carbons (Fsp3) is 0.250. The zero-order valence-corrected chi connectivity index (χ0v) is 16.8. The SMILES string of the molecule is COc1ccc(OC)c([C@H](C)NC(=O)CSc2nncn2-c2ccccc2)c1. The summed E-state index contributed by atoms with van der Waals surface area (Å²) in [6, 6.07) is 15.0. The van der Waals surface area contributed by atoms with E-state index in [9.17, 15) is 4.79 Å². The van der Waals surface area contributed by atoms with Crippen molar-refractivity contribution in [3.8, 4) is 17.2 Å². The van der Waals surface area contributed by atoms with E-state index in [-0.39, 0.29) is 17.7 Å². The molecule has 0 unspecified atom stereocenters. The lowest BCUT2D eigenvalue weighted by atomic mass is 10.1. The minimum Gasteiger partial charge on any atom is -0.497 e. The van der Waals surface area contributed by atoms with Crippen molar-refractivity contribution >= 4 is 17.7 Å². The molecule has 1 amide bonds. The molecule has 0 radical (unpaired) electrons. The van der Waals surface area contributed by atoms with Crippen LogP contribution in [-0.2, 0) is 4.79 Å². The molecule has 3 aromatic rings. The predicted octanol–water partition coefficient (Wildman–Crippen LogP) is 3.25. The van der Waals surface area contributed by atoms with Crippen LogP contribution < -0.4 is 14.8 Å². The summed E-state index contributed by atoms with van der Waals surface area (Å²) in [7, 11) is 3.21. The van der Waals surface area contributed by atoms with Gasteiger partial charge >= 0.3 is 0 Å². The van der Waals surface area contributed by atoms with Crippen molar-refractivity contribution in [3.63, 3.8) is 0 Å². The third kappa shape index (κ3) is 4.64. The van der Waals surface area contributed by atoms with E-state index in [2.05, 4.69) is 15.5 Å². The largest absolute Gasteiger partial charge is 0.497 e. The molecule has 7 nitrogen and oxygen atoms in total. The Labute approximate surface area is 168 Å². The average Bonchev–Trinajstić information content (AvgIpc) is 3.21. The van der Waals surface area contributed by atoms with E-state index < -0.39 is 0 Å². The number of ether oxygens (including phenoxy) is 2. The van der Waals surface area contributed by atoms with Gasteiger partial charge in [0.15, 0.2) is 5.16 Å². The standard InChI is InChI=1S/C20H22N4O3S/c1-14(17-11-16(26-2)9-10-18(17)27-3)22-19(25)12-28-20-23-21-13-24(20)15-7-5-4-6-8-15/h4-11,13-14H,12H2,1-3H3,(H,22,25)/t14-/m0/s1. The molecule has 0 aliphatic rings. The molecular weight excluding hydrogens is 376 g/mol. The number of rotatable bonds is 8. The van der Waals surface area contributed by atoms with Crippen LogP contribution in [0.25, 0.3) is 5.69 Å². The maximum atomic E-state index is 12.5. The van der Waals surface area contributed by atoms with Crippen LogP contribution in [0.15, 0.2) is 60.0 Å². The number of para-hydroxylation sites is 1. The van der Waals surface area contributed by atoms with Gasteiger partial charge in [-0.15, -0.1) is 10.2 Å². The van der Waals surface area contributed by atoms with Gasteiger partial charge in [0.25, 0.3) is 0 Å². The van der Waals surface area contributed by atoms with Crippen LogP contribution in [-0.4, -0.2) is 40.6 Å². The van der Waals surface area contributed by atoms with Crippen LogP contribution in [0.2, 0.25) is 0 Å². The van der Waals surface area contributed by atoms with Crippen LogP contribution in [0.3, 0.4) is 0 Å². The smallest absolute Gasteiger partial charge is 0.230 e. The zero-order chi connectivity index (χ0) is 19.9. The highest BCUT2D eigenvalue weighted by atomic mass is 32.2. The van der Waals surface area contributed by atoms with Crippen LogP contribution in [0.1, 0.15) is 18.5 Å². The number of carbonyl (C=O) groups excluding carboxylic acids is 1. The molecule has 1 N–H and O–H groups in total. The number of thioether (sulfide) groups is 1. The van der Waals surface area contributed by atoms with Gasteiger partial charge in [0.1, 0.15) is 17.8 Å². The molecule has 0 aliphatic carbocycles. The fourth-order valence-corrected chi connectivity index (χ4v) is 3.50. The first-order valence-electron chi connectivity index (χ1n) is 8.72. The van der Waals surface area contributed by atoms with Crippen molar-refractivity contribution in [2.24, 2.45) is 0 Å². The van der Waals surface area contributed by atoms with Crippen LogP contribution in [0, 0.1) is 0 Å². The van der Waals surface area contributed by atoms with Gasteiger partial charge in [-0.2, -0.15) is 0 Å². The fourth-order valence-electron chi connectivity index (χ4n) is 2.76. The first kappa shape index (κ1) is 19.8. The van der Waals surface area contributed by atoms with Crippen molar-refractivity contribution in [2.75, 3.05) is 20.0 Å². The topological polar surface area (TPSA) is 78.3 Å². The number of methoxy groups -OCH3 is 2. The lowest BCUT2D eigenvalue weighted by Crippen LogP contribution is -2.28. The maximum absolute atomic E-state index is 12.5. The number of benzene rings is 2. The monoisotopic (exact) mass is 398 g/mol. The van der Waals surface area contributed by atoms with Crippen LogP contribution >= 0.6 is 11.8 Å². The Balaban J connectivity index is 1.64. The number of nitrogens with zero attached hydrogens (tertiary/aromatic N) is 3. The summed E-state index contributed by atoms with van der Waals surface area (Å²) in [4.78, 5) is 12.5. The van der Waals surface area contributed by atoms with Crippen LogP contribution in [0.4, 0.5) is 0 Å². The number of amides is 1. The van der Waals surface area contributed by atoms with Gasteiger partial charge in [-0.05, 0) is 37.3 Å². The third-order valence-corrected chi connectivity index (χ3v) is 5.11. The third-order valence-electron chi connectivity index (χ3n) is 4.16. The molecule has 0 saturated heterocycles. The normalized spacial score (nSPS) is 11.7.